The van der Waals surface area contributed by atoms with Crippen LogP contribution in [0.1, 0.15) is 0 Å². The van der Waals surface area contributed by atoms with E-state index < -0.39 is 0 Å². The zero-order valence-electron chi connectivity index (χ0n) is 19.1. The van der Waals surface area contributed by atoms with Crippen molar-refractivity contribution < 1.29 is 0 Å². The molecule has 7 rings (SSSR count). The van der Waals surface area contributed by atoms with E-state index >= 15 is 0 Å². The van der Waals surface area contributed by atoms with E-state index in [1.165, 1.54) is 10.8 Å². The Morgan fingerprint density at radius 1 is 0.528 bits per heavy atom. The molecule has 7 aromatic rings. The number of fused-ring (bicyclic) bond motifs is 5. The van der Waals surface area contributed by atoms with Gasteiger partial charge >= 0.3 is 0 Å². The van der Waals surface area contributed by atoms with Gasteiger partial charge in [0.15, 0.2) is 11.6 Å². The molecule has 0 atom stereocenters. The minimum atomic E-state index is 0.173. The second kappa shape index (κ2) is 8.29. The summed E-state index contributed by atoms with van der Waals surface area (Å²) in [6.07, 6.45) is 0. The minimum Gasteiger partial charge on any atom is -0.309 e. The number of aromatic nitrogens is 4. The molecule has 0 spiro atoms. The molecule has 0 aliphatic heterocycles. The summed E-state index contributed by atoms with van der Waals surface area (Å²) < 4.78 is 2.31. The Hall–Kier alpha value is -4.54. The van der Waals surface area contributed by atoms with Crippen LogP contribution in [0, 0.1) is 0 Å². The maximum Gasteiger partial charge on any atom is 0.226 e. The summed E-state index contributed by atoms with van der Waals surface area (Å²) in [4.78, 5) is 13.9. The van der Waals surface area contributed by atoms with Gasteiger partial charge in [-0.3, -0.25) is 0 Å². The summed E-state index contributed by atoms with van der Waals surface area (Å²) in [6, 6.07) is 39.4. The van der Waals surface area contributed by atoms with Gasteiger partial charge in [-0.1, -0.05) is 91.0 Å². The molecule has 0 amide bonds. The smallest absolute Gasteiger partial charge is 0.226 e. The lowest BCUT2D eigenvalue weighted by molar-refractivity contribution is 1.07. The fourth-order valence-corrected chi connectivity index (χ4v) is 5.22. The average molecular weight is 483 g/mol. The van der Waals surface area contributed by atoms with Crippen LogP contribution in [0.5, 0.6) is 0 Å². The monoisotopic (exact) mass is 482 g/mol. The van der Waals surface area contributed by atoms with E-state index in [2.05, 4.69) is 93.4 Å². The zero-order valence-corrected chi connectivity index (χ0v) is 19.9. The van der Waals surface area contributed by atoms with Gasteiger partial charge in [0.1, 0.15) is 0 Å². The van der Waals surface area contributed by atoms with Crippen LogP contribution < -0.4 is 0 Å². The molecule has 5 aromatic carbocycles. The highest BCUT2D eigenvalue weighted by molar-refractivity contribution is 6.28. The molecule has 170 valence electrons. The highest BCUT2D eigenvalue weighted by Gasteiger charge is 2.19. The van der Waals surface area contributed by atoms with Crippen molar-refractivity contribution >= 4 is 44.2 Å². The number of hydrogen-bond donors (Lipinski definition) is 0. The molecule has 0 unspecified atom stereocenters. The van der Waals surface area contributed by atoms with Gasteiger partial charge < -0.3 is 4.57 Å². The van der Waals surface area contributed by atoms with Crippen LogP contribution in [0.2, 0.25) is 5.28 Å². The number of benzene rings is 5. The van der Waals surface area contributed by atoms with Crippen LogP contribution in [0.15, 0.2) is 115 Å². The molecule has 5 heteroatoms. The lowest BCUT2D eigenvalue weighted by Gasteiger charge is -2.12. The van der Waals surface area contributed by atoms with Crippen LogP contribution in [-0.2, 0) is 0 Å². The Kier molecular flexibility index (Phi) is 4.79. The summed E-state index contributed by atoms with van der Waals surface area (Å²) in [5.41, 5.74) is 5.16. The van der Waals surface area contributed by atoms with Gasteiger partial charge in [-0.15, -0.1) is 0 Å². The first-order valence-electron chi connectivity index (χ1n) is 11.8. The summed E-state index contributed by atoms with van der Waals surface area (Å²) in [5.74, 6) is 1.11. The third kappa shape index (κ3) is 3.27. The molecule has 0 bridgehead atoms. The summed E-state index contributed by atoms with van der Waals surface area (Å²) in [6.45, 7) is 0. The molecule has 2 aromatic heterocycles. The second-order valence-electron chi connectivity index (χ2n) is 8.67. The second-order valence-corrected chi connectivity index (χ2v) is 9.01. The number of nitrogens with zero attached hydrogens (tertiary/aromatic N) is 4. The molecular weight excluding hydrogens is 464 g/mol. The Balaban J connectivity index is 1.61. The minimum absolute atomic E-state index is 0.173. The van der Waals surface area contributed by atoms with Crippen LogP contribution >= 0.6 is 11.6 Å². The fourth-order valence-electron chi connectivity index (χ4n) is 5.06. The Bertz CT molecular complexity index is 1890. The normalized spacial score (nSPS) is 11.5. The Morgan fingerprint density at radius 3 is 1.92 bits per heavy atom. The standard InChI is InChI=1S/C31H19ClN4/c32-31-34-29(20-11-3-1-4-12-20)33-30(35-31)25-19-27-28(23-16-8-7-15-22(23)25)24-17-9-10-18-26(24)36(27)21-13-5-2-6-14-21/h1-19H. The Morgan fingerprint density at radius 2 is 1.14 bits per heavy atom. The first kappa shape index (κ1) is 20.8. The van der Waals surface area contributed by atoms with Crippen molar-refractivity contribution in [2.75, 3.05) is 0 Å². The van der Waals surface area contributed by atoms with Crippen LogP contribution in [-0.4, -0.2) is 19.5 Å². The highest BCUT2D eigenvalue weighted by Crippen LogP contribution is 2.40. The van der Waals surface area contributed by atoms with Crippen LogP contribution in [0.4, 0.5) is 0 Å². The third-order valence-electron chi connectivity index (χ3n) is 6.57. The van der Waals surface area contributed by atoms with Gasteiger partial charge in [-0.2, -0.15) is 9.97 Å². The fraction of sp³-hybridized carbons (Fsp3) is 0. The molecule has 0 aliphatic rings. The molecule has 4 nitrogen and oxygen atoms in total. The van der Waals surface area contributed by atoms with Crippen molar-refractivity contribution in [2.45, 2.75) is 0 Å². The summed E-state index contributed by atoms with van der Waals surface area (Å²) in [7, 11) is 0. The SMILES string of the molecule is Clc1nc(-c2ccccc2)nc(-c2cc3c(c4ccccc24)c2ccccc2n3-c2ccccc2)n1. The molecule has 0 aliphatic carbocycles. The summed E-state index contributed by atoms with van der Waals surface area (Å²) >= 11 is 6.44. The largest absolute Gasteiger partial charge is 0.309 e. The third-order valence-corrected chi connectivity index (χ3v) is 6.74. The van der Waals surface area contributed by atoms with Crippen molar-refractivity contribution in [1.29, 1.82) is 0 Å². The van der Waals surface area contributed by atoms with Crippen molar-refractivity contribution in [1.82, 2.24) is 19.5 Å². The first-order chi connectivity index (χ1) is 17.8. The maximum atomic E-state index is 6.44. The highest BCUT2D eigenvalue weighted by atomic mass is 35.5. The molecule has 0 N–H and O–H groups in total. The van der Waals surface area contributed by atoms with E-state index in [0.717, 1.165) is 38.6 Å². The van der Waals surface area contributed by atoms with E-state index in [9.17, 15) is 0 Å². The maximum absolute atomic E-state index is 6.44. The van der Waals surface area contributed by atoms with Gasteiger partial charge in [-0.25, -0.2) is 4.98 Å². The number of para-hydroxylation sites is 2. The number of rotatable bonds is 3. The average Bonchev–Trinajstić information content (AvgIpc) is 3.28. The molecule has 0 saturated carbocycles. The first-order valence-corrected chi connectivity index (χ1v) is 12.1. The predicted molar refractivity (Wildman–Crippen MR) is 148 cm³/mol. The molecule has 2 heterocycles. The van der Waals surface area contributed by atoms with Gasteiger partial charge in [0.05, 0.1) is 11.0 Å². The zero-order chi connectivity index (χ0) is 24.1. The molecule has 36 heavy (non-hydrogen) atoms. The van der Waals surface area contributed by atoms with Crippen molar-refractivity contribution in [3.63, 3.8) is 0 Å². The quantitative estimate of drug-likeness (QED) is 0.255. The van der Waals surface area contributed by atoms with Gasteiger partial charge in [0.25, 0.3) is 0 Å². The van der Waals surface area contributed by atoms with Gasteiger partial charge in [-0.05, 0) is 46.6 Å². The van der Waals surface area contributed by atoms with Crippen LogP contribution in [0.3, 0.4) is 0 Å². The predicted octanol–water partition coefficient (Wildman–Crippen LogP) is 8.11. The van der Waals surface area contributed by atoms with Crippen LogP contribution in [0.25, 0.3) is 61.0 Å². The molecular formula is C31H19ClN4. The van der Waals surface area contributed by atoms with Gasteiger partial charge in [0.2, 0.25) is 5.28 Å². The number of hydrogen-bond acceptors (Lipinski definition) is 3. The van der Waals surface area contributed by atoms with E-state index in [1.807, 2.05) is 36.4 Å². The lowest BCUT2D eigenvalue weighted by atomic mass is 9.98. The number of halogens is 1. The van der Waals surface area contributed by atoms with E-state index in [4.69, 9.17) is 16.6 Å². The molecule has 0 fully saturated rings. The van der Waals surface area contributed by atoms with Gasteiger partial charge in [0, 0.05) is 27.6 Å². The van der Waals surface area contributed by atoms with Crippen molar-refractivity contribution in [3.05, 3.63) is 121 Å². The van der Waals surface area contributed by atoms with E-state index in [1.54, 1.807) is 0 Å². The summed E-state index contributed by atoms with van der Waals surface area (Å²) in [5, 5.41) is 4.80. The van der Waals surface area contributed by atoms with E-state index in [0.29, 0.717) is 11.6 Å². The Labute approximate surface area is 212 Å². The molecule has 0 saturated heterocycles. The van der Waals surface area contributed by atoms with E-state index in [-0.39, 0.29) is 5.28 Å². The van der Waals surface area contributed by atoms with Crippen molar-refractivity contribution in [2.24, 2.45) is 0 Å². The molecule has 0 radical (unpaired) electrons. The van der Waals surface area contributed by atoms with Crippen molar-refractivity contribution in [3.8, 4) is 28.5 Å². The topological polar surface area (TPSA) is 43.6 Å². The lowest BCUT2D eigenvalue weighted by Crippen LogP contribution is -1.99.